The normalized spacial score (nSPS) is 20.3. The molecule has 1 aromatic rings. The molecule has 0 aliphatic heterocycles. The highest BCUT2D eigenvalue weighted by Gasteiger charge is 2.30. The smallest absolute Gasteiger partial charge is 0.302 e. The van der Waals surface area contributed by atoms with Crippen LogP contribution in [0, 0.1) is 0 Å². The van der Waals surface area contributed by atoms with Gasteiger partial charge >= 0.3 is 6.18 Å². The summed E-state index contributed by atoms with van der Waals surface area (Å²) in [5.74, 6) is 0. The van der Waals surface area contributed by atoms with E-state index in [9.17, 15) is 13.2 Å². The third kappa shape index (κ3) is 2.50. The molecule has 0 amide bonds. The fraction of sp³-hybridized carbons (Fsp3) is 0.455. The van der Waals surface area contributed by atoms with Crippen molar-refractivity contribution in [2.45, 2.75) is 25.1 Å². The summed E-state index contributed by atoms with van der Waals surface area (Å²) in [6, 6.07) is 7.53. The Balaban J connectivity index is 2.02. The van der Waals surface area contributed by atoms with Gasteiger partial charge in [0.25, 0.3) is 0 Å². The van der Waals surface area contributed by atoms with Gasteiger partial charge in [0.2, 0.25) is 0 Å². The van der Waals surface area contributed by atoms with Gasteiger partial charge in [-0.2, -0.15) is 13.2 Å². The molecule has 1 nitrogen and oxygen atoms in total. The highest BCUT2D eigenvalue weighted by Crippen LogP contribution is 2.31. The van der Waals surface area contributed by atoms with Gasteiger partial charge in [0.15, 0.2) is 0 Å². The van der Waals surface area contributed by atoms with Crippen molar-refractivity contribution in [2.75, 3.05) is 6.54 Å². The van der Waals surface area contributed by atoms with Crippen molar-refractivity contribution in [3.63, 3.8) is 0 Å². The third-order valence-corrected chi connectivity index (χ3v) is 2.68. The van der Waals surface area contributed by atoms with Crippen LogP contribution in [0.4, 0.5) is 13.2 Å². The van der Waals surface area contributed by atoms with Gasteiger partial charge in [-0.25, -0.2) is 0 Å². The largest absolute Gasteiger partial charge is 0.401 e. The lowest BCUT2D eigenvalue weighted by Crippen LogP contribution is -2.31. The van der Waals surface area contributed by atoms with Crippen molar-refractivity contribution in [3.05, 3.63) is 35.4 Å². The molecular weight excluding hydrogens is 203 g/mol. The van der Waals surface area contributed by atoms with Gasteiger partial charge in [0.05, 0.1) is 6.54 Å². The summed E-state index contributed by atoms with van der Waals surface area (Å²) in [7, 11) is 0. The van der Waals surface area contributed by atoms with Crippen LogP contribution in [0.1, 0.15) is 23.6 Å². The van der Waals surface area contributed by atoms with Crippen molar-refractivity contribution in [2.24, 2.45) is 0 Å². The van der Waals surface area contributed by atoms with Gasteiger partial charge in [-0.1, -0.05) is 24.3 Å². The molecule has 1 aromatic carbocycles. The molecule has 1 aliphatic rings. The van der Waals surface area contributed by atoms with Crippen molar-refractivity contribution in [1.82, 2.24) is 5.32 Å². The van der Waals surface area contributed by atoms with E-state index in [2.05, 4.69) is 5.32 Å². The number of hydrogen-bond acceptors (Lipinski definition) is 1. The summed E-state index contributed by atoms with van der Waals surface area (Å²) in [5, 5.41) is 2.55. The van der Waals surface area contributed by atoms with Crippen molar-refractivity contribution >= 4 is 0 Å². The van der Waals surface area contributed by atoms with Crippen LogP contribution in [0.5, 0.6) is 0 Å². The number of aryl methyl sites for hydroxylation is 1. The summed E-state index contributed by atoms with van der Waals surface area (Å²) >= 11 is 0. The summed E-state index contributed by atoms with van der Waals surface area (Å²) in [4.78, 5) is 0. The highest BCUT2D eigenvalue weighted by molar-refractivity contribution is 5.34. The van der Waals surface area contributed by atoms with Crippen LogP contribution in [0.15, 0.2) is 24.3 Å². The van der Waals surface area contributed by atoms with Gasteiger partial charge in [0, 0.05) is 6.04 Å². The highest BCUT2D eigenvalue weighted by atomic mass is 19.4. The van der Waals surface area contributed by atoms with Crippen LogP contribution in [0.2, 0.25) is 0 Å². The van der Waals surface area contributed by atoms with E-state index < -0.39 is 12.7 Å². The molecule has 15 heavy (non-hydrogen) atoms. The van der Waals surface area contributed by atoms with Crippen molar-refractivity contribution < 1.29 is 13.2 Å². The van der Waals surface area contributed by atoms with Crippen molar-refractivity contribution in [3.8, 4) is 0 Å². The van der Waals surface area contributed by atoms with Crippen LogP contribution >= 0.6 is 0 Å². The van der Waals surface area contributed by atoms with Crippen LogP contribution in [0.25, 0.3) is 0 Å². The predicted octanol–water partition coefficient (Wildman–Crippen LogP) is 2.83. The number of benzene rings is 1. The molecule has 1 atom stereocenters. The maximum atomic E-state index is 12.0. The van der Waals surface area contributed by atoms with Gasteiger partial charge < -0.3 is 5.32 Å². The minimum atomic E-state index is -4.13. The Kier molecular flexibility index (Phi) is 2.69. The molecule has 2 rings (SSSR count). The zero-order valence-electron chi connectivity index (χ0n) is 8.14. The van der Waals surface area contributed by atoms with Gasteiger partial charge in [0.1, 0.15) is 0 Å². The van der Waals surface area contributed by atoms with E-state index in [4.69, 9.17) is 0 Å². The van der Waals surface area contributed by atoms with E-state index >= 15 is 0 Å². The summed E-state index contributed by atoms with van der Waals surface area (Å²) in [5.41, 5.74) is 2.18. The molecule has 0 saturated carbocycles. The SMILES string of the molecule is FC(F)(F)CNC1CCc2ccccc21. The topological polar surface area (TPSA) is 12.0 Å². The number of halogens is 3. The van der Waals surface area contributed by atoms with E-state index in [0.717, 1.165) is 24.0 Å². The molecule has 0 spiro atoms. The molecule has 1 unspecified atom stereocenters. The van der Waals surface area contributed by atoms with E-state index in [1.54, 1.807) is 0 Å². The molecule has 0 heterocycles. The lowest BCUT2D eigenvalue weighted by molar-refractivity contribution is -0.126. The number of hydrogen-bond donors (Lipinski definition) is 1. The molecule has 1 N–H and O–H groups in total. The second kappa shape index (κ2) is 3.85. The number of rotatable bonds is 2. The van der Waals surface area contributed by atoms with E-state index in [1.807, 2.05) is 24.3 Å². The lowest BCUT2D eigenvalue weighted by atomic mass is 10.1. The number of alkyl halides is 3. The zero-order chi connectivity index (χ0) is 10.9. The average molecular weight is 215 g/mol. The summed E-state index contributed by atoms with van der Waals surface area (Å²) < 4.78 is 36.1. The van der Waals surface area contributed by atoms with Crippen LogP contribution in [0.3, 0.4) is 0 Å². The van der Waals surface area contributed by atoms with E-state index in [0.29, 0.717) is 0 Å². The van der Waals surface area contributed by atoms with Crippen molar-refractivity contribution in [1.29, 1.82) is 0 Å². The Bertz CT molecular complexity index is 346. The molecule has 82 valence electrons. The van der Waals surface area contributed by atoms with Crippen LogP contribution in [-0.2, 0) is 6.42 Å². The lowest BCUT2D eigenvalue weighted by Gasteiger charge is -2.15. The quantitative estimate of drug-likeness (QED) is 0.799. The van der Waals surface area contributed by atoms with Gasteiger partial charge in [-0.15, -0.1) is 0 Å². The van der Waals surface area contributed by atoms with Gasteiger partial charge in [-0.3, -0.25) is 0 Å². The monoisotopic (exact) mass is 215 g/mol. The minimum absolute atomic E-state index is 0.136. The summed E-state index contributed by atoms with van der Waals surface area (Å²) in [6.07, 6.45) is -2.50. The maximum absolute atomic E-state index is 12.0. The number of fused-ring (bicyclic) bond motifs is 1. The Morgan fingerprint density at radius 3 is 2.73 bits per heavy atom. The van der Waals surface area contributed by atoms with Crippen LogP contribution < -0.4 is 5.32 Å². The second-order valence-electron chi connectivity index (χ2n) is 3.79. The minimum Gasteiger partial charge on any atom is -0.302 e. The summed E-state index contributed by atoms with van der Waals surface area (Å²) in [6.45, 7) is -0.911. The van der Waals surface area contributed by atoms with Gasteiger partial charge in [-0.05, 0) is 24.0 Å². The molecule has 0 saturated heterocycles. The molecule has 0 fully saturated rings. The maximum Gasteiger partial charge on any atom is 0.401 e. The Morgan fingerprint density at radius 1 is 1.27 bits per heavy atom. The Morgan fingerprint density at radius 2 is 2.00 bits per heavy atom. The Hall–Kier alpha value is -1.03. The molecule has 1 aliphatic carbocycles. The third-order valence-electron chi connectivity index (χ3n) is 2.68. The fourth-order valence-electron chi connectivity index (χ4n) is 2.01. The number of nitrogens with one attached hydrogen (secondary N) is 1. The predicted molar refractivity (Wildman–Crippen MR) is 51.6 cm³/mol. The fourth-order valence-corrected chi connectivity index (χ4v) is 2.01. The molecule has 0 radical (unpaired) electrons. The first-order valence-corrected chi connectivity index (χ1v) is 4.94. The molecule has 4 heteroatoms. The molecule has 0 bridgehead atoms. The Labute approximate surface area is 86.3 Å². The first-order chi connectivity index (χ1) is 7.06. The first-order valence-electron chi connectivity index (χ1n) is 4.94. The first kappa shape index (κ1) is 10.5. The van der Waals surface area contributed by atoms with E-state index in [1.165, 1.54) is 0 Å². The van der Waals surface area contributed by atoms with E-state index in [-0.39, 0.29) is 6.04 Å². The molecule has 0 aromatic heterocycles. The second-order valence-corrected chi connectivity index (χ2v) is 3.79. The standard InChI is InChI=1S/C11H12F3N/c12-11(13,14)7-15-10-6-5-8-3-1-2-4-9(8)10/h1-4,10,15H,5-7H2. The van der Waals surface area contributed by atoms with Crippen LogP contribution in [-0.4, -0.2) is 12.7 Å². The average Bonchev–Trinajstić information content (AvgIpc) is 2.57. The zero-order valence-corrected chi connectivity index (χ0v) is 8.14. The molecular formula is C11H12F3N.